The first-order valence-corrected chi connectivity index (χ1v) is 8.34. The van der Waals surface area contributed by atoms with Crippen molar-refractivity contribution in [3.63, 3.8) is 0 Å². The third kappa shape index (κ3) is 3.67. The van der Waals surface area contributed by atoms with Crippen LogP contribution >= 0.6 is 11.8 Å². The van der Waals surface area contributed by atoms with Gasteiger partial charge in [0.05, 0.1) is 6.61 Å². The van der Waals surface area contributed by atoms with E-state index >= 15 is 0 Å². The summed E-state index contributed by atoms with van der Waals surface area (Å²) in [7, 11) is 2.05. The number of aryl methyl sites for hydroxylation is 1. The molecule has 1 aliphatic heterocycles. The Morgan fingerprint density at radius 2 is 2.26 bits per heavy atom. The molecule has 0 saturated heterocycles. The average Bonchev–Trinajstić information content (AvgIpc) is 2.47. The normalized spacial score (nSPS) is 17.4. The van der Waals surface area contributed by atoms with E-state index in [1.54, 1.807) is 0 Å². The number of rotatable bonds is 6. The van der Waals surface area contributed by atoms with Gasteiger partial charge >= 0.3 is 0 Å². The molecule has 1 heterocycles. The molecule has 2 rings (SSSR count). The van der Waals surface area contributed by atoms with E-state index in [2.05, 4.69) is 37.4 Å². The van der Waals surface area contributed by atoms with Crippen molar-refractivity contribution in [3.05, 3.63) is 29.3 Å². The second-order valence-electron chi connectivity index (χ2n) is 5.18. The van der Waals surface area contributed by atoms with Crippen LogP contribution in [0.15, 0.2) is 18.2 Å². The zero-order valence-corrected chi connectivity index (χ0v) is 13.1. The van der Waals surface area contributed by atoms with Gasteiger partial charge in [0.1, 0.15) is 5.75 Å². The number of para-hydroxylation sites is 1. The van der Waals surface area contributed by atoms with E-state index in [0.717, 1.165) is 36.2 Å². The molecule has 0 radical (unpaired) electrons. The Labute approximate surface area is 121 Å². The molecule has 2 atom stereocenters. The smallest absolute Gasteiger partial charge is 0.127 e. The number of fused-ring (bicyclic) bond motifs is 1. The molecule has 0 aromatic heterocycles. The predicted octanol–water partition coefficient (Wildman–Crippen LogP) is 3.80. The van der Waals surface area contributed by atoms with Gasteiger partial charge in [-0.05, 0) is 31.9 Å². The molecule has 1 aromatic carbocycles. The van der Waals surface area contributed by atoms with Crippen LogP contribution in [0.25, 0.3) is 0 Å². The summed E-state index contributed by atoms with van der Waals surface area (Å²) >= 11 is 2.04. The van der Waals surface area contributed by atoms with Crippen LogP contribution in [0.4, 0.5) is 0 Å². The summed E-state index contributed by atoms with van der Waals surface area (Å²) in [5, 5.41) is 4.17. The molecular formula is C16H25NOS. The van der Waals surface area contributed by atoms with E-state index < -0.39 is 0 Å². The molecular weight excluding hydrogens is 254 g/mol. The highest BCUT2D eigenvalue weighted by molar-refractivity contribution is 7.99. The molecule has 0 saturated carbocycles. The molecule has 0 fully saturated rings. The Balaban J connectivity index is 2.14. The van der Waals surface area contributed by atoms with Crippen LogP contribution in [0.5, 0.6) is 5.75 Å². The van der Waals surface area contributed by atoms with Gasteiger partial charge in [-0.15, -0.1) is 0 Å². The van der Waals surface area contributed by atoms with Crippen molar-refractivity contribution in [3.8, 4) is 5.75 Å². The van der Waals surface area contributed by atoms with Gasteiger partial charge < -0.3 is 10.1 Å². The minimum absolute atomic E-state index is 0.382. The zero-order chi connectivity index (χ0) is 13.7. The zero-order valence-electron chi connectivity index (χ0n) is 12.2. The van der Waals surface area contributed by atoms with Crippen LogP contribution < -0.4 is 10.1 Å². The Morgan fingerprint density at radius 1 is 1.42 bits per heavy atom. The Hall–Kier alpha value is -0.670. The lowest BCUT2D eigenvalue weighted by Crippen LogP contribution is -2.22. The van der Waals surface area contributed by atoms with Gasteiger partial charge in [0, 0.05) is 22.6 Å². The van der Waals surface area contributed by atoms with Gasteiger partial charge in [0.15, 0.2) is 0 Å². The van der Waals surface area contributed by atoms with Crippen molar-refractivity contribution >= 4 is 11.8 Å². The maximum absolute atomic E-state index is 5.92. The largest absolute Gasteiger partial charge is 0.493 e. The molecule has 1 aromatic rings. The van der Waals surface area contributed by atoms with Gasteiger partial charge in [-0.1, -0.05) is 32.0 Å². The first-order valence-electron chi connectivity index (χ1n) is 7.29. The van der Waals surface area contributed by atoms with E-state index in [-0.39, 0.29) is 0 Å². The summed E-state index contributed by atoms with van der Waals surface area (Å²) in [4.78, 5) is 0. The quantitative estimate of drug-likeness (QED) is 0.855. The minimum Gasteiger partial charge on any atom is -0.493 e. The van der Waals surface area contributed by atoms with Gasteiger partial charge in [-0.25, -0.2) is 0 Å². The third-order valence-electron chi connectivity index (χ3n) is 3.81. The highest BCUT2D eigenvalue weighted by atomic mass is 32.2. The Morgan fingerprint density at radius 3 is 3.00 bits per heavy atom. The summed E-state index contributed by atoms with van der Waals surface area (Å²) in [6, 6.07) is 6.96. The van der Waals surface area contributed by atoms with Crippen LogP contribution in [0.1, 0.15) is 43.9 Å². The van der Waals surface area contributed by atoms with E-state index in [9.17, 15) is 0 Å². The molecule has 0 bridgehead atoms. The van der Waals surface area contributed by atoms with Crippen molar-refractivity contribution in [2.45, 2.75) is 44.4 Å². The molecule has 2 nitrogen and oxygen atoms in total. The summed E-state index contributed by atoms with van der Waals surface area (Å²) < 4.78 is 5.92. The lowest BCUT2D eigenvalue weighted by atomic mass is 9.99. The Kier molecular flexibility index (Phi) is 5.59. The van der Waals surface area contributed by atoms with E-state index in [0.29, 0.717) is 6.04 Å². The second-order valence-corrected chi connectivity index (χ2v) is 6.65. The number of hydrogen-bond donors (Lipinski definition) is 1. The molecule has 1 aliphatic rings. The van der Waals surface area contributed by atoms with E-state index in [4.69, 9.17) is 4.74 Å². The number of benzene rings is 1. The van der Waals surface area contributed by atoms with Crippen molar-refractivity contribution < 1.29 is 4.74 Å². The number of ether oxygens (including phenoxy) is 1. The first kappa shape index (κ1) is 14.7. The summed E-state index contributed by atoms with van der Waals surface area (Å²) in [5.41, 5.74) is 2.70. The topological polar surface area (TPSA) is 21.3 Å². The molecule has 0 amide bonds. The van der Waals surface area contributed by atoms with Gasteiger partial charge in [-0.2, -0.15) is 11.8 Å². The average molecular weight is 279 g/mol. The van der Waals surface area contributed by atoms with E-state index in [1.807, 2.05) is 18.8 Å². The number of thioether (sulfide) groups is 1. The molecule has 19 heavy (non-hydrogen) atoms. The first-order chi connectivity index (χ1) is 9.26. The maximum atomic E-state index is 5.92. The van der Waals surface area contributed by atoms with Crippen LogP contribution in [0.2, 0.25) is 0 Å². The highest BCUT2D eigenvalue weighted by Crippen LogP contribution is 2.34. The molecule has 106 valence electrons. The molecule has 0 aliphatic carbocycles. The fraction of sp³-hybridized carbons (Fsp3) is 0.625. The van der Waals surface area contributed by atoms with Crippen molar-refractivity contribution in [2.24, 2.45) is 0 Å². The monoisotopic (exact) mass is 279 g/mol. The second kappa shape index (κ2) is 7.20. The van der Waals surface area contributed by atoms with Crippen LogP contribution in [0.3, 0.4) is 0 Å². The third-order valence-corrected chi connectivity index (χ3v) is 5.24. The fourth-order valence-corrected chi connectivity index (χ4v) is 3.50. The van der Waals surface area contributed by atoms with Crippen LogP contribution in [-0.4, -0.2) is 24.7 Å². The highest BCUT2D eigenvalue weighted by Gasteiger charge is 2.20. The summed E-state index contributed by atoms with van der Waals surface area (Å²) in [5.74, 6) is 2.24. The SMILES string of the molecule is CCC(C)SCC(NC)c1cccc2c1OCCC2. The van der Waals surface area contributed by atoms with Crippen LogP contribution in [0, 0.1) is 0 Å². The summed E-state index contributed by atoms with van der Waals surface area (Å²) in [6.45, 7) is 5.41. The van der Waals surface area contributed by atoms with Crippen LogP contribution in [-0.2, 0) is 6.42 Å². The van der Waals surface area contributed by atoms with Gasteiger partial charge in [0.25, 0.3) is 0 Å². The van der Waals surface area contributed by atoms with Crippen molar-refractivity contribution in [1.29, 1.82) is 0 Å². The summed E-state index contributed by atoms with van der Waals surface area (Å²) in [6.07, 6.45) is 3.52. The lowest BCUT2D eigenvalue weighted by molar-refractivity contribution is 0.283. The van der Waals surface area contributed by atoms with E-state index in [1.165, 1.54) is 17.5 Å². The Bertz CT molecular complexity index is 408. The molecule has 1 N–H and O–H groups in total. The standard InChI is InChI=1S/C16H25NOS/c1-4-12(2)19-11-15(17-3)14-9-5-7-13-8-6-10-18-16(13)14/h5,7,9,12,15,17H,4,6,8,10-11H2,1-3H3. The van der Waals surface area contributed by atoms with Crippen molar-refractivity contribution in [2.75, 3.05) is 19.4 Å². The van der Waals surface area contributed by atoms with Gasteiger partial charge in [-0.3, -0.25) is 0 Å². The number of hydrogen-bond acceptors (Lipinski definition) is 3. The lowest BCUT2D eigenvalue weighted by Gasteiger charge is -2.25. The maximum Gasteiger partial charge on any atom is 0.127 e. The minimum atomic E-state index is 0.382. The van der Waals surface area contributed by atoms with Crippen molar-refractivity contribution in [1.82, 2.24) is 5.32 Å². The number of nitrogens with one attached hydrogen (secondary N) is 1. The van der Waals surface area contributed by atoms with Gasteiger partial charge in [0.2, 0.25) is 0 Å². The fourth-order valence-electron chi connectivity index (χ4n) is 2.40. The molecule has 2 unspecified atom stereocenters. The molecule has 0 spiro atoms. The predicted molar refractivity (Wildman–Crippen MR) is 84.3 cm³/mol. The molecule has 3 heteroatoms.